The van der Waals surface area contributed by atoms with Gasteiger partial charge in [-0.25, -0.2) is 0 Å². The van der Waals surface area contributed by atoms with Crippen LogP contribution in [0, 0.1) is 0 Å². The molecule has 0 amide bonds. The third-order valence-corrected chi connectivity index (χ3v) is 2.74. The average molecular weight is 186 g/mol. The molecule has 1 heterocycles. The first-order chi connectivity index (χ1) is 6.25. The second kappa shape index (κ2) is 4.74. The van der Waals surface area contributed by atoms with Crippen molar-refractivity contribution in [3.05, 3.63) is 12.7 Å². The van der Waals surface area contributed by atoms with E-state index in [0.29, 0.717) is 19.6 Å². The van der Waals surface area contributed by atoms with Crippen molar-refractivity contribution in [2.75, 3.05) is 20.3 Å². The van der Waals surface area contributed by atoms with Crippen LogP contribution in [-0.4, -0.2) is 37.1 Å². The highest BCUT2D eigenvalue weighted by Crippen LogP contribution is 2.29. The Morgan fingerprint density at radius 2 is 2.23 bits per heavy atom. The molecular weight excluding hydrogens is 168 g/mol. The van der Waals surface area contributed by atoms with E-state index in [1.807, 2.05) is 0 Å². The van der Waals surface area contributed by atoms with Gasteiger partial charge in [0.1, 0.15) is 0 Å². The highest BCUT2D eigenvalue weighted by atomic mass is 16.5. The molecule has 1 N–H and O–H groups in total. The monoisotopic (exact) mass is 186 g/mol. The summed E-state index contributed by atoms with van der Waals surface area (Å²) in [4.78, 5) is 0. The average Bonchev–Trinajstić information content (AvgIpc) is 2.19. The van der Waals surface area contributed by atoms with Gasteiger partial charge in [0.25, 0.3) is 0 Å². The molecule has 13 heavy (non-hydrogen) atoms. The largest absolute Gasteiger partial charge is 0.390 e. The molecule has 1 aliphatic heterocycles. The molecule has 0 bridgehead atoms. The minimum absolute atomic E-state index is 0.410. The molecule has 3 heteroatoms. The van der Waals surface area contributed by atoms with Gasteiger partial charge in [0.05, 0.1) is 11.7 Å². The fourth-order valence-corrected chi connectivity index (χ4v) is 1.76. The maximum Gasteiger partial charge on any atom is 0.0983 e. The zero-order valence-electron chi connectivity index (χ0n) is 8.16. The van der Waals surface area contributed by atoms with Gasteiger partial charge in [-0.2, -0.15) is 0 Å². The fraction of sp³-hybridized carbons (Fsp3) is 0.800. The summed E-state index contributed by atoms with van der Waals surface area (Å²) in [6.45, 7) is 4.95. The number of aliphatic hydroxyl groups is 1. The Hall–Kier alpha value is -0.380. The Bertz CT molecular complexity index is 162. The lowest BCUT2D eigenvalue weighted by Crippen LogP contribution is -2.48. The number of methoxy groups -OCH3 is 1. The lowest BCUT2D eigenvalue weighted by atomic mass is 9.86. The highest BCUT2D eigenvalue weighted by Gasteiger charge is 2.38. The van der Waals surface area contributed by atoms with Gasteiger partial charge in [0, 0.05) is 33.2 Å². The quantitative estimate of drug-likeness (QED) is 0.669. The van der Waals surface area contributed by atoms with Crippen LogP contribution in [0.4, 0.5) is 0 Å². The number of hydrogen-bond donors (Lipinski definition) is 1. The van der Waals surface area contributed by atoms with Crippen molar-refractivity contribution in [2.45, 2.75) is 31.0 Å². The lowest BCUT2D eigenvalue weighted by molar-refractivity contribution is -0.150. The molecule has 1 rings (SSSR count). The van der Waals surface area contributed by atoms with Gasteiger partial charge in [-0.1, -0.05) is 6.08 Å². The number of rotatable bonds is 4. The molecule has 0 saturated carbocycles. The van der Waals surface area contributed by atoms with E-state index in [9.17, 15) is 5.11 Å². The number of hydrogen-bond acceptors (Lipinski definition) is 3. The van der Waals surface area contributed by atoms with Crippen LogP contribution in [0.5, 0.6) is 0 Å². The Kier molecular flexibility index (Phi) is 3.90. The first kappa shape index (κ1) is 10.7. The molecular formula is C10H18O3. The molecule has 0 aromatic heterocycles. The first-order valence-corrected chi connectivity index (χ1v) is 4.67. The maximum atomic E-state index is 9.87. The van der Waals surface area contributed by atoms with Crippen molar-refractivity contribution in [1.29, 1.82) is 0 Å². The van der Waals surface area contributed by atoms with E-state index in [0.717, 1.165) is 12.8 Å². The van der Waals surface area contributed by atoms with Crippen LogP contribution in [0.25, 0.3) is 0 Å². The van der Waals surface area contributed by atoms with Crippen molar-refractivity contribution in [1.82, 2.24) is 0 Å². The van der Waals surface area contributed by atoms with Crippen LogP contribution < -0.4 is 0 Å². The Balaban J connectivity index is 2.60. The van der Waals surface area contributed by atoms with E-state index in [-0.39, 0.29) is 0 Å². The second-order valence-corrected chi connectivity index (χ2v) is 3.42. The minimum Gasteiger partial charge on any atom is -0.390 e. The molecule has 1 fully saturated rings. The summed E-state index contributed by atoms with van der Waals surface area (Å²) in [5, 5.41) is 9.87. The van der Waals surface area contributed by atoms with E-state index in [2.05, 4.69) is 6.58 Å². The molecule has 3 nitrogen and oxygen atoms in total. The smallest absolute Gasteiger partial charge is 0.0983 e. The molecule has 1 aliphatic rings. The van der Waals surface area contributed by atoms with Crippen LogP contribution in [0.2, 0.25) is 0 Å². The molecule has 1 saturated heterocycles. The summed E-state index contributed by atoms with van der Waals surface area (Å²) in [6.07, 6.45) is 3.37. The summed E-state index contributed by atoms with van der Waals surface area (Å²) in [5.41, 5.74) is -0.410. The van der Waals surface area contributed by atoms with Crippen molar-refractivity contribution < 1.29 is 14.6 Å². The van der Waals surface area contributed by atoms with Gasteiger partial charge in [0.15, 0.2) is 0 Å². The van der Waals surface area contributed by atoms with Crippen molar-refractivity contribution in [3.63, 3.8) is 0 Å². The molecule has 1 atom stereocenters. The zero-order valence-corrected chi connectivity index (χ0v) is 8.16. The Labute approximate surface area is 79.3 Å². The van der Waals surface area contributed by atoms with Crippen molar-refractivity contribution in [3.8, 4) is 0 Å². The van der Waals surface area contributed by atoms with E-state index in [1.165, 1.54) is 0 Å². The molecule has 0 spiro atoms. The molecule has 0 radical (unpaired) electrons. The molecule has 0 aromatic rings. The van der Waals surface area contributed by atoms with Gasteiger partial charge in [-0.05, 0) is 6.42 Å². The summed E-state index contributed by atoms with van der Waals surface area (Å²) >= 11 is 0. The highest BCUT2D eigenvalue weighted by molar-refractivity contribution is 4.93. The number of ether oxygens (including phenoxy) is 2. The predicted molar refractivity (Wildman–Crippen MR) is 50.6 cm³/mol. The Morgan fingerprint density at radius 3 is 2.69 bits per heavy atom. The topological polar surface area (TPSA) is 38.7 Å². The lowest BCUT2D eigenvalue weighted by Gasteiger charge is -2.39. The van der Waals surface area contributed by atoms with Crippen LogP contribution in [-0.2, 0) is 9.47 Å². The number of aliphatic hydroxyl groups excluding tert-OH is 1. The standard InChI is InChI=1S/C10H18O3/c1-3-4-9(11)10(12-2)5-7-13-8-6-10/h3,9,11H,1,4-8H2,2H3. The Morgan fingerprint density at radius 1 is 1.62 bits per heavy atom. The van der Waals surface area contributed by atoms with Gasteiger partial charge >= 0.3 is 0 Å². The van der Waals surface area contributed by atoms with Crippen LogP contribution in [0.1, 0.15) is 19.3 Å². The summed E-state index contributed by atoms with van der Waals surface area (Å²) in [7, 11) is 1.65. The summed E-state index contributed by atoms with van der Waals surface area (Å²) in [5.74, 6) is 0. The first-order valence-electron chi connectivity index (χ1n) is 4.67. The molecule has 76 valence electrons. The summed E-state index contributed by atoms with van der Waals surface area (Å²) < 4.78 is 10.7. The zero-order chi connectivity index (χ0) is 9.73. The van der Waals surface area contributed by atoms with Gasteiger partial charge in [-0.15, -0.1) is 6.58 Å². The van der Waals surface area contributed by atoms with E-state index >= 15 is 0 Å². The van der Waals surface area contributed by atoms with E-state index in [1.54, 1.807) is 13.2 Å². The molecule has 1 unspecified atom stereocenters. The SMILES string of the molecule is C=CCC(O)C1(OC)CCOCC1. The van der Waals surface area contributed by atoms with E-state index < -0.39 is 11.7 Å². The minimum atomic E-state index is -0.459. The van der Waals surface area contributed by atoms with E-state index in [4.69, 9.17) is 9.47 Å². The van der Waals surface area contributed by atoms with Crippen LogP contribution >= 0.6 is 0 Å². The van der Waals surface area contributed by atoms with Gasteiger partial charge in [-0.3, -0.25) is 0 Å². The van der Waals surface area contributed by atoms with Gasteiger partial charge < -0.3 is 14.6 Å². The van der Waals surface area contributed by atoms with Crippen molar-refractivity contribution >= 4 is 0 Å². The third kappa shape index (κ3) is 2.30. The van der Waals surface area contributed by atoms with Gasteiger partial charge in [0.2, 0.25) is 0 Å². The fourth-order valence-electron chi connectivity index (χ4n) is 1.76. The molecule has 0 aromatic carbocycles. The predicted octanol–water partition coefficient (Wildman–Crippen LogP) is 1.12. The molecule has 0 aliphatic carbocycles. The summed E-state index contributed by atoms with van der Waals surface area (Å²) in [6, 6.07) is 0. The third-order valence-electron chi connectivity index (χ3n) is 2.74. The van der Waals surface area contributed by atoms with Crippen LogP contribution in [0.15, 0.2) is 12.7 Å². The maximum absolute atomic E-state index is 9.87. The van der Waals surface area contributed by atoms with Crippen LogP contribution in [0.3, 0.4) is 0 Å². The van der Waals surface area contributed by atoms with Crippen molar-refractivity contribution in [2.24, 2.45) is 0 Å². The normalized spacial score (nSPS) is 23.8. The second-order valence-electron chi connectivity index (χ2n) is 3.42.